The Morgan fingerprint density at radius 1 is 1.28 bits per heavy atom. The van der Waals surface area contributed by atoms with Gasteiger partial charge in [-0.15, -0.1) is 0 Å². The van der Waals surface area contributed by atoms with Gasteiger partial charge in [-0.05, 0) is 27.4 Å². The molecule has 1 aromatic carbocycles. The number of aliphatic hydroxyl groups excluding tert-OH is 1. The van der Waals surface area contributed by atoms with Crippen LogP contribution in [0.2, 0.25) is 0 Å². The van der Waals surface area contributed by atoms with Crippen LogP contribution in [-0.2, 0) is 13.7 Å². The molecule has 3 nitrogen and oxygen atoms in total. The van der Waals surface area contributed by atoms with Crippen LogP contribution in [0, 0.1) is 0 Å². The number of imidazole rings is 1. The monoisotopic (exact) mass is 308 g/mol. The number of benzene rings is 1. The number of hydrogen-bond donors (Lipinski definition) is 1. The molecule has 0 spiro atoms. The molecular formula is C14H17BrN2O. The van der Waals surface area contributed by atoms with E-state index in [0.29, 0.717) is 11.6 Å². The van der Waals surface area contributed by atoms with Crippen LogP contribution in [0.1, 0.15) is 31.0 Å². The summed E-state index contributed by atoms with van der Waals surface area (Å²) in [6, 6.07) is 8.40. The fourth-order valence-electron chi connectivity index (χ4n) is 1.91. The topological polar surface area (TPSA) is 38.1 Å². The van der Waals surface area contributed by atoms with Crippen LogP contribution in [0.25, 0.3) is 11.4 Å². The lowest BCUT2D eigenvalue weighted by atomic mass is 10.0. The number of aromatic nitrogens is 2. The number of halogens is 1. The van der Waals surface area contributed by atoms with Gasteiger partial charge in [-0.1, -0.05) is 38.1 Å². The minimum atomic E-state index is -0.0570. The first-order valence-corrected chi connectivity index (χ1v) is 6.76. The van der Waals surface area contributed by atoms with E-state index >= 15 is 0 Å². The van der Waals surface area contributed by atoms with E-state index in [1.54, 1.807) is 0 Å². The highest BCUT2D eigenvalue weighted by Crippen LogP contribution is 2.26. The third-order valence-corrected chi connectivity index (χ3v) is 4.07. The Kier molecular flexibility index (Phi) is 3.88. The molecule has 96 valence electrons. The van der Waals surface area contributed by atoms with E-state index < -0.39 is 0 Å². The minimum absolute atomic E-state index is 0.0570. The van der Waals surface area contributed by atoms with Crippen molar-refractivity contribution in [2.45, 2.75) is 26.4 Å². The molecule has 0 aliphatic rings. The Labute approximate surface area is 116 Å². The summed E-state index contributed by atoms with van der Waals surface area (Å²) >= 11 is 3.44. The van der Waals surface area contributed by atoms with Gasteiger partial charge in [0.25, 0.3) is 0 Å². The van der Waals surface area contributed by atoms with Gasteiger partial charge in [-0.2, -0.15) is 0 Å². The Morgan fingerprint density at radius 2 is 1.89 bits per heavy atom. The molecule has 1 aromatic heterocycles. The molecule has 0 saturated carbocycles. The van der Waals surface area contributed by atoms with E-state index in [1.165, 1.54) is 5.56 Å². The fraction of sp³-hybridized carbons (Fsp3) is 0.357. The molecule has 0 fully saturated rings. The fourth-order valence-corrected chi connectivity index (χ4v) is 2.29. The Morgan fingerprint density at radius 3 is 2.33 bits per heavy atom. The van der Waals surface area contributed by atoms with Crippen molar-refractivity contribution >= 4 is 15.9 Å². The lowest BCUT2D eigenvalue weighted by molar-refractivity contribution is 0.276. The van der Waals surface area contributed by atoms with Crippen molar-refractivity contribution in [3.05, 3.63) is 40.1 Å². The van der Waals surface area contributed by atoms with Crippen LogP contribution < -0.4 is 0 Å². The summed E-state index contributed by atoms with van der Waals surface area (Å²) in [6.07, 6.45) is 0. The van der Waals surface area contributed by atoms with Crippen LogP contribution in [0.5, 0.6) is 0 Å². The first-order valence-electron chi connectivity index (χ1n) is 5.97. The van der Waals surface area contributed by atoms with Crippen molar-refractivity contribution < 1.29 is 5.11 Å². The average Bonchev–Trinajstić information content (AvgIpc) is 2.66. The van der Waals surface area contributed by atoms with Gasteiger partial charge in [-0.25, -0.2) is 4.98 Å². The van der Waals surface area contributed by atoms with Crippen LogP contribution >= 0.6 is 15.9 Å². The van der Waals surface area contributed by atoms with E-state index in [0.717, 1.165) is 16.0 Å². The van der Waals surface area contributed by atoms with E-state index in [2.05, 4.69) is 59.0 Å². The summed E-state index contributed by atoms with van der Waals surface area (Å²) < 4.78 is 2.77. The maximum atomic E-state index is 9.21. The highest BCUT2D eigenvalue weighted by molar-refractivity contribution is 9.10. The average molecular weight is 309 g/mol. The highest BCUT2D eigenvalue weighted by Gasteiger charge is 2.13. The number of rotatable bonds is 3. The third-order valence-electron chi connectivity index (χ3n) is 3.08. The maximum Gasteiger partial charge on any atom is 0.140 e. The Bertz CT molecular complexity index is 544. The quantitative estimate of drug-likeness (QED) is 0.943. The van der Waals surface area contributed by atoms with Crippen LogP contribution in [-0.4, -0.2) is 14.7 Å². The number of aliphatic hydroxyl groups is 1. The highest BCUT2D eigenvalue weighted by atomic mass is 79.9. The van der Waals surface area contributed by atoms with Gasteiger partial charge >= 0.3 is 0 Å². The summed E-state index contributed by atoms with van der Waals surface area (Å²) in [5.74, 6) is 1.39. The molecule has 18 heavy (non-hydrogen) atoms. The Balaban J connectivity index is 2.42. The molecule has 0 radical (unpaired) electrons. The largest absolute Gasteiger partial charge is 0.390 e. The first-order chi connectivity index (χ1) is 8.54. The molecular weight excluding hydrogens is 292 g/mol. The second kappa shape index (κ2) is 5.24. The molecule has 2 aromatic rings. The second-order valence-corrected chi connectivity index (χ2v) is 5.42. The number of hydrogen-bond acceptors (Lipinski definition) is 2. The molecule has 0 saturated heterocycles. The van der Waals surface area contributed by atoms with Crippen molar-refractivity contribution in [3.8, 4) is 11.4 Å². The molecule has 4 heteroatoms. The predicted octanol–water partition coefficient (Wildman–Crippen LogP) is 3.47. The molecule has 0 aliphatic carbocycles. The molecule has 2 rings (SSSR count). The summed E-state index contributed by atoms with van der Waals surface area (Å²) in [5, 5.41) is 9.21. The van der Waals surface area contributed by atoms with Gasteiger partial charge in [0.2, 0.25) is 0 Å². The lowest BCUT2D eigenvalue weighted by Gasteiger charge is -2.07. The van der Waals surface area contributed by atoms with Gasteiger partial charge in [0, 0.05) is 12.6 Å². The smallest absolute Gasteiger partial charge is 0.140 e. The van der Waals surface area contributed by atoms with Crippen LogP contribution in [0.4, 0.5) is 0 Å². The normalized spacial score (nSPS) is 11.2. The summed E-state index contributed by atoms with van der Waals surface area (Å²) in [4.78, 5) is 4.44. The predicted molar refractivity (Wildman–Crippen MR) is 76.4 cm³/mol. The van der Waals surface area contributed by atoms with E-state index in [4.69, 9.17) is 0 Å². The standard InChI is InChI=1S/C14H17BrN2O/c1-9(2)10-4-6-11(7-5-10)14-16-12(8-18)13(15)17(14)3/h4-7,9,18H,8H2,1-3H3. The van der Waals surface area contributed by atoms with Crippen molar-refractivity contribution in [3.63, 3.8) is 0 Å². The van der Waals surface area contributed by atoms with Gasteiger partial charge < -0.3 is 9.67 Å². The first kappa shape index (κ1) is 13.3. The van der Waals surface area contributed by atoms with E-state index in [-0.39, 0.29) is 6.61 Å². The van der Waals surface area contributed by atoms with Crippen molar-refractivity contribution in [1.29, 1.82) is 0 Å². The van der Waals surface area contributed by atoms with Gasteiger partial charge in [0.05, 0.1) is 12.3 Å². The van der Waals surface area contributed by atoms with Gasteiger partial charge in [-0.3, -0.25) is 0 Å². The number of nitrogens with zero attached hydrogens (tertiary/aromatic N) is 2. The molecule has 0 unspecified atom stereocenters. The zero-order chi connectivity index (χ0) is 13.3. The van der Waals surface area contributed by atoms with Crippen molar-refractivity contribution in [2.24, 2.45) is 7.05 Å². The zero-order valence-electron chi connectivity index (χ0n) is 10.8. The minimum Gasteiger partial charge on any atom is -0.390 e. The third kappa shape index (κ3) is 2.35. The maximum absolute atomic E-state index is 9.21. The Hall–Kier alpha value is -1.13. The molecule has 1 heterocycles. The summed E-state index contributed by atoms with van der Waals surface area (Å²) in [7, 11) is 1.93. The second-order valence-electron chi connectivity index (χ2n) is 4.67. The molecule has 0 aliphatic heterocycles. The molecule has 0 bridgehead atoms. The van der Waals surface area contributed by atoms with E-state index in [1.807, 2.05) is 11.6 Å². The molecule has 0 amide bonds. The van der Waals surface area contributed by atoms with Crippen molar-refractivity contribution in [1.82, 2.24) is 9.55 Å². The van der Waals surface area contributed by atoms with Gasteiger partial charge in [0.1, 0.15) is 10.4 Å². The zero-order valence-corrected chi connectivity index (χ0v) is 12.4. The summed E-state index contributed by atoms with van der Waals surface area (Å²) in [5.41, 5.74) is 3.04. The van der Waals surface area contributed by atoms with E-state index in [9.17, 15) is 5.11 Å². The van der Waals surface area contributed by atoms with Gasteiger partial charge in [0.15, 0.2) is 0 Å². The van der Waals surface area contributed by atoms with Crippen molar-refractivity contribution in [2.75, 3.05) is 0 Å². The molecule has 0 atom stereocenters. The lowest BCUT2D eigenvalue weighted by Crippen LogP contribution is -1.93. The van der Waals surface area contributed by atoms with Crippen LogP contribution in [0.15, 0.2) is 28.9 Å². The van der Waals surface area contributed by atoms with Crippen LogP contribution in [0.3, 0.4) is 0 Å². The SMILES string of the molecule is CC(C)c1ccc(-c2nc(CO)c(Br)n2C)cc1. The summed E-state index contributed by atoms with van der Waals surface area (Å²) in [6.45, 7) is 4.30. The molecule has 1 N–H and O–H groups in total.